The fourth-order valence-corrected chi connectivity index (χ4v) is 3.08. The third-order valence-electron chi connectivity index (χ3n) is 3.58. The number of anilines is 1. The van der Waals surface area contributed by atoms with E-state index in [4.69, 9.17) is 9.15 Å². The van der Waals surface area contributed by atoms with E-state index in [2.05, 4.69) is 5.10 Å². The van der Waals surface area contributed by atoms with Crippen molar-refractivity contribution in [2.75, 3.05) is 12.5 Å². The van der Waals surface area contributed by atoms with E-state index in [-0.39, 0.29) is 16.9 Å². The number of alkyl halides is 3. The summed E-state index contributed by atoms with van der Waals surface area (Å²) in [5.74, 6) is -9.68. The monoisotopic (exact) mass is 440 g/mol. The van der Waals surface area contributed by atoms with Gasteiger partial charge in [0.15, 0.2) is 34.6 Å². The first-order valence-corrected chi connectivity index (χ1v) is 8.20. The summed E-state index contributed by atoms with van der Waals surface area (Å²) in [6.45, 7) is 0. The fraction of sp³-hybridized carbons (Fsp3) is 0.125. The topological polar surface area (TPSA) is 63.8 Å². The van der Waals surface area contributed by atoms with E-state index in [0.29, 0.717) is 4.70 Å². The highest BCUT2D eigenvalue weighted by molar-refractivity contribution is 7.16. The van der Waals surface area contributed by atoms with Gasteiger partial charge in [0, 0.05) is 0 Å². The van der Waals surface area contributed by atoms with E-state index in [1.807, 2.05) is 0 Å². The van der Waals surface area contributed by atoms with Gasteiger partial charge < -0.3 is 9.15 Å². The number of hydrazone groups is 1. The summed E-state index contributed by atoms with van der Waals surface area (Å²) in [7, 11) is 1.28. The molecule has 2 aromatic carbocycles. The minimum atomic E-state index is -5.64. The molecule has 0 amide bonds. The van der Waals surface area contributed by atoms with E-state index in [9.17, 15) is 35.5 Å². The first-order chi connectivity index (χ1) is 13.5. The molecule has 0 aliphatic carbocycles. The summed E-state index contributed by atoms with van der Waals surface area (Å²) in [6, 6.07) is 2.71. The van der Waals surface area contributed by atoms with Crippen LogP contribution in [0.5, 0.6) is 5.75 Å². The lowest BCUT2D eigenvalue weighted by Crippen LogP contribution is -2.16. The Balaban J connectivity index is 1.97. The second kappa shape index (κ2) is 7.39. The van der Waals surface area contributed by atoms with Crippen LogP contribution in [0, 0.1) is 23.3 Å². The zero-order valence-electron chi connectivity index (χ0n) is 14.0. The van der Waals surface area contributed by atoms with Crippen molar-refractivity contribution in [2.45, 2.75) is 6.18 Å². The number of rotatable bonds is 4. The molecule has 29 heavy (non-hydrogen) atoms. The minimum Gasteiger partial charge on any atom is -0.493 e. The number of benzene rings is 2. The van der Waals surface area contributed by atoms with Crippen LogP contribution >= 0.6 is 11.3 Å². The van der Waals surface area contributed by atoms with Crippen molar-refractivity contribution in [3.05, 3.63) is 56.3 Å². The normalized spacial score (nSPS) is 12.1. The van der Waals surface area contributed by atoms with Crippen LogP contribution in [0.4, 0.5) is 36.4 Å². The third-order valence-corrected chi connectivity index (χ3v) is 4.35. The van der Waals surface area contributed by atoms with Crippen LogP contribution in [0.2, 0.25) is 0 Å². The molecule has 0 spiro atoms. The highest BCUT2D eigenvalue weighted by atomic mass is 32.1. The maximum atomic E-state index is 13.8. The maximum Gasteiger partial charge on any atom is 0.422 e. The third kappa shape index (κ3) is 3.77. The average Bonchev–Trinajstić information content (AvgIpc) is 3.01. The Bertz CT molecular complexity index is 1150. The molecular weight excluding hydrogens is 433 g/mol. The van der Waals surface area contributed by atoms with Crippen molar-refractivity contribution in [2.24, 2.45) is 5.10 Å². The number of nitrogens with zero attached hydrogens (tertiary/aromatic N) is 1. The number of fused-ring (bicyclic) bond motifs is 1. The van der Waals surface area contributed by atoms with Gasteiger partial charge in [-0.15, -0.1) is 0 Å². The van der Waals surface area contributed by atoms with E-state index in [0.717, 1.165) is 17.6 Å². The Hall–Kier alpha value is -3.09. The molecule has 1 N–H and O–H groups in total. The van der Waals surface area contributed by atoms with Gasteiger partial charge in [-0.2, -0.15) is 18.3 Å². The first kappa shape index (κ1) is 20.6. The predicted octanol–water partition coefficient (Wildman–Crippen LogP) is 4.88. The van der Waals surface area contributed by atoms with Gasteiger partial charge in [-0.05, 0) is 17.7 Å². The fourth-order valence-electron chi connectivity index (χ4n) is 2.34. The Labute approximate surface area is 160 Å². The quantitative estimate of drug-likeness (QED) is 0.272. The molecule has 3 rings (SSSR count). The zero-order valence-corrected chi connectivity index (χ0v) is 14.8. The molecule has 3 aromatic rings. The second-order valence-corrected chi connectivity index (χ2v) is 6.36. The molecule has 5 nitrogen and oxygen atoms in total. The van der Waals surface area contributed by atoms with Crippen LogP contribution in [-0.2, 0) is 6.18 Å². The van der Waals surface area contributed by atoms with Gasteiger partial charge in [0.2, 0.25) is 0 Å². The van der Waals surface area contributed by atoms with E-state index in [1.54, 1.807) is 5.43 Å². The molecule has 0 fully saturated rings. The number of halogens is 7. The summed E-state index contributed by atoms with van der Waals surface area (Å²) >= 11 is 0.728. The number of hydrogen-bond acceptors (Lipinski definition) is 6. The van der Waals surface area contributed by atoms with Crippen LogP contribution in [0.3, 0.4) is 0 Å². The molecule has 1 heterocycles. The summed E-state index contributed by atoms with van der Waals surface area (Å²) < 4.78 is 103. The molecule has 13 heteroatoms. The number of methoxy groups -OCH3 is 1. The summed E-state index contributed by atoms with van der Waals surface area (Å²) in [5.41, 5.74) is -2.24. The largest absolute Gasteiger partial charge is 0.493 e. The highest BCUT2D eigenvalue weighted by Crippen LogP contribution is 2.38. The summed E-state index contributed by atoms with van der Waals surface area (Å²) in [5, 5.41) is 3.37. The smallest absolute Gasteiger partial charge is 0.422 e. The Kier molecular flexibility index (Phi) is 5.26. The molecule has 0 bridgehead atoms. The predicted molar refractivity (Wildman–Crippen MR) is 89.4 cm³/mol. The van der Waals surface area contributed by atoms with Crippen LogP contribution in [-0.4, -0.2) is 13.3 Å². The molecule has 0 unspecified atom stereocenters. The molecule has 0 aliphatic rings. The van der Waals surface area contributed by atoms with Gasteiger partial charge in [0.05, 0.1) is 18.0 Å². The lowest BCUT2D eigenvalue weighted by atomic mass is 10.1. The van der Waals surface area contributed by atoms with Gasteiger partial charge in [-0.3, -0.25) is 5.43 Å². The molecular formula is C16H7F7N2O3S. The van der Waals surface area contributed by atoms with E-state index in [1.165, 1.54) is 19.2 Å². The standard InChI is InChI=1S/C16H7F7N2O3S/c1-27-6-2-5(3-7-14(6)28-15(26)29-7)4-24-25-13-11(19)9(17)8(16(21,22)23)10(18)12(13)20/h2-4,25H,1H3/b24-4+. The summed E-state index contributed by atoms with van der Waals surface area (Å²) in [6.07, 6.45) is -4.71. The zero-order chi connectivity index (χ0) is 21.5. The van der Waals surface area contributed by atoms with Crippen LogP contribution < -0.4 is 15.1 Å². The Morgan fingerprint density at radius 3 is 2.28 bits per heavy atom. The number of nitrogens with one attached hydrogen (secondary N) is 1. The highest BCUT2D eigenvalue weighted by Gasteiger charge is 2.42. The van der Waals surface area contributed by atoms with E-state index >= 15 is 0 Å². The van der Waals surface area contributed by atoms with Gasteiger partial charge in [0.1, 0.15) is 11.3 Å². The van der Waals surface area contributed by atoms with Crippen molar-refractivity contribution < 1.29 is 39.9 Å². The minimum absolute atomic E-state index is 0.131. The Morgan fingerprint density at radius 2 is 1.72 bits per heavy atom. The van der Waals surface area contributed by atoms with Crippen LogP contribution in [0.15, 0.2) is 26.4 Å². The lowest BCUT2D eigenvalue weighted by molar-refractivity contribution is -0.143. The lowest BCUT2D eigenvalue weighted by Gasteiger charge is -2.13. The molecule has 0 saturated heterocycles. The van der Waals surface area contributed by atoms with Gasteiger partial charge >= 0.3 is 11.1 Å². The van der Waals surface area contributed by atoms with Gasteiger partial charge in [0.25, 0.3) is 0 Å². The summed E-state index contributed by atoms with van der Waals surface area (Å²) in [4.78, 5) is 10.7. The van der Waals surface area contributed by atoms with E-state index < -0.39 is 45.6 Å². The molecule has 154 valence electrons. The average molecular weight is 440 g/mol. The van der Waals surface area contributed by atoms with Crippen LogP contribution in [0.25, 0.3) is 10.3 Å². The molecule has 0 aliphatic heterocycles. The number of hydrogen-bond donors (Lipinski definition) is 1. The first-order valence-electron chi connectivity index (χ1n) is 7.38. The Morgan fingerprint density at radius 1 is 1.10 bits per heavy atom. The van der Waals surface area contributed by atoms with Gasteiger partial charge in [-0.25, -0.2) is 22.4 Å². The maximum absolute atomic E-state index is 13.8. The molecule has 0 saturated carbocycles. The number of ether oxygens (including phenoxy) is 1. The molecule has 1 aromatic heterocycles. The SMILES string of the molecule is COc1cc(/C=N/Nc2c(F)c(F)c(C(F)(F)F)c(F)c2F)cc2sc(=O)oc12. The van der Waals surface area contributed by atoms with Crippen molar-refractivity contribution in [1.29, 1.82) is 0 Å². The van der Waals surface area contributed by atoms with Crippen LogP contribution in [0.1, 0.15) is 11.1 Å². The van der Waals surface area contributed by atoms with Crippen molar-refractivity contribution >= 4 is 33.5 Å². The molecule has 0 radical (unpaired) electrons. The van der Waals surface area contributed by atoms with Crippen molar-refractivity contribution in [3.8, 4) is 5.75 Å². The van der Waals surface area contributed by atoms with Gasteiger partial charge in [-0.1, -0.05) is 11.3 Å². The molecule has 0 atom stereocenters. The van der Waals surface area contributed by atoms with Crippen molar-refractivity contribution in [1.82, 2.24) is 0 Å². The second-order valence-electron chi connectivity index (χ2n) is 5.38. The van der Waals surface area contributed by atoms with Crippen molar-refractivity contribution in [3.63, 3.8) is 0 Å².